The molecule has 0 spiro atoms. The Morgan fingerprint density at radius 2 is 1.62 bits per heavy atom. The molecule has 0 N–H and O–H groups in total. The van der Waals surface area contributed by atoms with Crippen LogP contribution in [0, 0.1) is 11.6 Å². The highest BCUT2D eigenvalue weighted by Crippen LogP contribution is 2.17. The van der Waals surface area contributed by atoms with Crippen LogP contribution in [0.4, 0.5) is 8.78 Å². The molecule has 2 aromatic carbocycles. The maximum atomic E-state index is 13.2. The molecule has 26 heavy (non-hydrogen) atoms. The minimum Gasteiger partial charge on any atom is -0.289 e. The predicted octanol–water partition coefficient (Wildman–Crippen LogP) is 3.89. The van der Waals surface area contributed by atoms with Gasteiger partial charge < -0.3 is 0 Å². The molecule has 0 radical (unpaired) electrons. The number of hydrogen-bond donors (Lipinski definition) is 0. The Morgan fingerprint density at radius 1 is 1.00 bits per heavy atom. The predicted molar refractivity (Wildman–Crippen MR) is 96.3 cm³/mol. The molecule has 0 aromatic heterocycles. The number of halogens is 2. The van der Waals surface area contributed by atoms with Gasteiger partial charge in [-0.15, -0.1) is 0 Å². The van der Waals surface area contributed by atoms with Crippen LogP contribution >= 0.6 is 0 Å². The first kappa shape index (κ1) is 19.9. The van der Waals surface area contributed by atoms with Gasteiger partial charge in [0.2, 0.25) is 10.0 Å². The Balaban J connectivity index is 2.18. The average molecular weight is 379 g/mol. The van der Waals surface area contributed by atoms with Crippen LogP contribution in [-0.2, 0) is 10.0 Å². The SMILES string of the molecule is CCN(CC)S(=O)(=O)c1ccc(C(=O)/C=C\c2ccc(F)c(F)c2)cc1. The van der Waals surface area contributed by atoms with Crippen LogP contribution in [0.5, 0.6) is 0 Å². The summed E-state index contributed by atoms with van der Waals surface area (Å²) < 4.78 is 52.2. The molecule has 4 nitrogen and oxygen atoms in total. The Hall–Kier alpha value is -2.38. The van der Waals surface area contributed by atoms with Gasteiger partial charge in [0, 0.05) is 18.7 Å². The lowest BCUT2D eigenvalue weighted by atomic mass is 10.1. The quantitative estimate of drug-likeness (QED) is 0.542. The van der Waals surface area contributed by atoms with E-state index in [0.29, 0.717) is 24.2 Å². The summed E-state index contributed by atoms with van der Waals surface area (Å²) in [5, 5.41) is 0. The van der Waals surface area contributed by atoms with Crippen molar-refractivity contribution in [3.63, 3.8) is 0 Å². The molecule has 0 bridgehead atoms. The fraction of sp³-hybridized carbons (Fsp3) is 0.211. The number of hydrogen-bond acceptors (Lipinski definition) is 3. The molecule has 0 amide bonds. The van der Waals surface area contributed by atoms with E-state index in [-0.39, 0.29) is 10.7 Å². The summed E-state index contributed by atoms with van der Waals surface area (Å²) in [5.41, 5.74) is 0.639. The summed E-state index contributed by atoms with van der Waals surface area (Å²) in [4.78, 5) is 12.3. The van der Waals surface area contributed by atoms with E-state index >= 15 is 0 Å². The molecular weight excluding hydrogens is 360 g/mol. The van der Waals surface area contributed by atoms with Crippen LogP contribution < -0.4 is 0 Å². The molecule has 0 heterocycles. The van der Waals surface area contributed by atoms with E-state index in [9.17, 15) is 22.0 Å². The minimum atomic E-state index is -3.58. The second-order valence-corrected chi connectivity index (χ2v) is 7.42. The van der Waals surface area contributed by atoms with Crippen molar-refractivity contribution in [1.29, 1.82) is 0 Å². The lowest BCUT2D eigenvalue weighted by molar-refractivity contribution is 0.104. The largest absolute Gasteiger partial charge is 0.289 e. The number of benzene rings is 2. The molecule has 0 saturated carbocycles. The molecule has 2 aromatic rings. The zero-order chi connectivity index (χ0) is 19.3. The first-order chi connectivity index (χ1) is 12.3. The lowest BCUT2D eigenvalue weighted by Gasteiger charge is -2.18. The van der Waals surface area contributed by atoms with Crippen LogP contribution in [0.2, 0.25) is 0 Å². The fourth-order valence-corrected chi connectivity index (χ4v) is 3.85. The summed E-state index contributed by atoms with van der Waals surface area (Å²) in [6.45, 7) is 4.22. The molecule has 0 aliphatic heterocycles. The van der Waals surface area contributed by atoms with Crippen LogP contribution in [0.1, 0.15) is 29.8 Å². The zero-order valence-electron chi connectivity index (χ0n) is 14.4. The molecule has 0 unspecified atom stereocenters. The van der Waals surface area contributed by atoms with Gasteiger partial charge in [-0.05, 0) is 48.0 Å². The fourth-order valence-electron chi connectivity index (χ4n) is 2.39. The third kappa shape index (κ3) is 4.42. The van der Waals surface area contributed by atoms with Crippen molar-refractivity contribution >= 4 is 21.9 Å². The summed E-state index contributed by atoms with van der Waals surface area (Å²) in [7, 11) is -3.58. The normalized spacial score (nSPS) is 12.0. The smallest absolute Gasteiger partial charge is 0.243 e. The average Bonchev–Trinajstić information content (AvgIpc) is 2.63. The standard InChI is InChI=1S/C19H19F2NO3S/c1-3-22(4-2)26(24,25)16-9-7-15(8-10-16)19(23)12-6-14-5-11-17(20)18(21)13-14/h5-13H,3-4H2,1-2H3/b12-6-. The van der Waals surface area contributed by atoms with Crippen molar-refractivity contribution in [2.24, 2.45) is 0 Å². The van der Waals surface area contributed by atoms with E-state index in [1.165, 1.54) is 46.8 Å². The molecule has 138 valence electrons. The van der Waals surface area contributed by atoms with Gasteiger partial charge in [-0.1, -0.05) is 26.0 Å². The van der Waals surface area contributed by atoms with Crippen LogP contribution in [0.3, 0.4) is 0 Å². The monoisotopic (exact) mass is 379 g/mol. The molecule has 0 aliphatic carbocycles. The number of allylic oxidation sites excluding steroid dienone is 1. The van der Waals surface area contributed by atoms with E-state index in [1.807, 2.05) is 0 Å². The van der Waals surface area contributed by atoms with E-state index in [2.05, 4.69) is 0 Å². The minimum absolute atomic E-state index is 0.113. The first-order valence-electron chi connectivity index (χ1n) is 8.07. The number of sulfonamides is 1. The maximum absolute atomic E-state index is 13.2. The molecule has 0 fully saturated rings. The number of nitrogens with zero attached hydrogens (tertiary/aromatic N) is 1. The van der Waals surface area contributed by atoms with Gasteiger partial charge in [0.1, 0.15) is 0 Å². The van der Waals surface area contributed by atoms with Crippen molar-refractivity contribution < 1.29 is 22.0 Å². The van der Waals surface area contributed by atoms with Crippen LogP contribution in [0.25, 0.3) is 6.08 Å². The van der Waals surface area contributed by atoms with Gasteiger partial charge >= 0.3 is 0 Å². The van der Waals surface area contributed by atoms with E-state index in [0.717, 1.165) is 12.1 Å². The summed E-state index contributed by atoms with van der Waals surface area (Å²) >= 11 is 0. The number of rotatable bonds is 7. The van der Waals surface area contributed by atoms with Gasteiger partial charge in [0.25, 0.3) is 0 Å². The second kappa shape index (κ2) is 8.33. The van der Waals surface area contributed by atoms with Gasteiger partial charge in [-0.3, -0.25) is 4.79 Å². The Morgan fingerprint density at radius 3 is 2.15 bits per heavy atom. The van der Waals surface area contributed by atoms with Crippen molar-refractivity contribution in [2.45, 2.75) is 18.7 Å². The molecule has 0 aliphatic rings. The van der Waals surface area contributed by atoms with Gasteiger partial charge in [0.05, 0.1) is 4.90 Å². The van der Waals surface area contributed by atoms with E-state index in [4.69, 9.17) is 0 Å². The highest BCUT2D eigenvalue weighted by Gasteiger charge is 2.21. The summed E-state index contributed by atoms with van der Waals surface area (Å²) in [5.74, 6) is -2.33. The zero-order valence-corrected chi connectivity index (χ0v) is 15.3. The highest BCUT2D eigenvalue weighted by atomic mass is 32.2. The van der Waals surface area contributed by atoms with Gasteiger partial charge in [-0.2, -0.15) is 4.31 Å². The summed E-state index contributed by atoms with van der Waals surface area (Å²) in [6.07, 6.45) is 2.59. The van der Waals surface area contributed by atoms with Crippen molar-refractivity contribution in [1.82, 2.24) is 4.31 Å². The van der Waals surface area contributed by atoms with Gasteiger partial charge in [0.15, 0.2) is 17.4 Å². The Labute approximate surface area is 151 Å². The first-order valence-corrected chi connectivity index (χ1v) is 9.51. The van der Waals surface area contributed by atoms with E-state index < -0.39 is 21.7 Å². The third-order valence-corrected chi connectivity index (χ3v) is 5.92. The van der Waals surface area contributed by atoms with Crippen molar-refractivity contribution in [2.75, 3.05) is 13.1 Å². The highest BCUT2D eigenvalue weighted by molar-refractivity contribution is 7.89. The molecule has 0 atom stereocenters. The molecule has 2 rings (SSSR count). The molecule has 7 heteroatoms. The van der Waals surface area contributed by atoms with E-state index in [1.54, 1.807) is 13.8 Å². The molecular formula is C19H19F2NO3S. The molecule has 0 saturated heterocycles. The lowest BCUT2D eigenvalue weighted by Crippen LogP contribution is -2.30. The topological polar surface area (TPSA) is 54.5 Å². The number of ketones is 1. The van der Waals surface area contributed by atoms with Crippen LogP contribution in [-0.4, -0.2) is 31.6 Å². The third-order valence-electron chi connectivity index (χ3n) is 3.85. The Bertz CT molecular complexity index is 918. The van der Waals surface area contributed by atoms with Crippen molar-refractivity contribution in [3.05, 3.63) is 71.3 Å². The Kier molecular flexibility index (Phi) is 6.39. The maximum Gasteiger partial charge on any atom is 0.243 e. The summed E-state index contributed by atoms with van der Waals surface area (Å²) in [6, 6.07) is 8.92. The van der Waals surface area contributed by atoms with Crippen LogP contribution in [0.15, 0.2) is 53.4 Å². The number of carbonyl (C=O) groups is 1. The van der Waals surface area contributed by atoms with Crippen molar-refractivity contribution in [3.8, 4) is 0 Å². The van der Waals surface area contributed by atoms with Gasteiger partial charge in [-0.25, -0.2) is 17.2 Å². The number of carbonyl (C=O) groups excluding carboxylic acids is 1. The second-order valence-electron chi connectivity index (χ2n) is 5.48.